The van der Waals surface area contributed by atoms with Crippen LogP contribution in [0.15, 0.2) is 30.5 Å². The summed E-state index contributed by atoms with van der Waals surface area (Å²) in [7, 11) is 0. The van der Waals surface area contributed by atoms with Crippen LogP contribution in [0.5, 0.6) is 0 Å². The first-order valence-electron chi connectivity index (χ1n) is 6.43. The molecule has 2 aromatic heterocycles. The fraction of sp³-hybridized carbons (Fsp3) is 0.286. The van der Waals surface area contributed by atoms with Gasteiger partial charge in [0.05, 0.1) is 0 Å². The molecule has 0 bridgehead atoms. The summed E-state index contributed by atoms with van der Waals surface area (Å²) in [5.41, 5.74) is 6.81. The lowest BCUT2D eigenvalue weighted by Crippen LogP contribution is -2.35. The SMILES string of the molecule is CCC(Nc1cc(C)nc(-c2ccccn2)n1)C(N)=O. The zero-order valence-corrected chi connectivity index (χ0v) is 11.5. The average Bonchev–Trinajstić information content (AvgIpc) is 2.45. The second-order valence-corrected chi connectivity index (χ2v) is 4.44. The fourth-order valence-corrected chi connectivity index (χ4v) is 1.80. The van der Waals surface area contributed by atoms with Crippen LogP contribution in [0, 0.1) is 6.92 Å². The third-order valence-electron chi connectivity index (χ3n) is 2.82. The first-order valence-corrected chi connectivity index (χ1v) is 6.43. The van der Waals surface area contributed by atoms with Crippen molar-refractivity contribution in [3.8, 4) is 11.5 Å². The Hall–Kier alpha value is -2.50. The van der Waals surface area contributed by atoms with E-state index in [2.05, 4.69) is 20.3 Å². The van der Waals surface area contributed by atoms with Crippen molar-refractivity contribution in [2.24, 2.45) is 5.73 Å². The maximum atomic E-state index is 11.3. The molecule has 0 saturated carbocycles. The maximum Gasteiger partial charge on any atom is 0.239 e. The summed E-state index contributed by atoms with van der Waals surface area (Å²) >= 11 is 0. The van der Waals surface area contributed by atoms with Crippen LogP contribution >= 0.6 is 0 Å². The molecule has 0 aliphatic heterocycles. The Kier molecular flexibility index (Phi) is 4.24. The molecule has 104 valence electrons. The lowest BCUT2D eigenvalue weighted by molar-refractivity contribution is -0.118. The number of primary amides is 1. The van der Waals surface area contributed by atoms with Crippen molar-refractivity contribution in [3.63, 3.8) is 0 Å². The molecule has 0 aliphatic carbocycles. The van der Waals surface area contributed by atoms with Gasteiger partial charge in [0.25, 0.3) is 0 Å². The highest BCUT2D eigenvalue weighted by molar-refractivity contribution is 5.82. The van der Waals surface area contributed by atoms with Crippen molar-refractivity contribution in [3.05, 3.63) is 36.2 Å². The number of aromatic nitrogens is 3. The number of pyridine rings is 1. The number of aryl methyl sites for hydroxylation is 1. The van der Waals surface area contributed by atoms with Crippen molar-refractivity contribution in [2.45, 2.75) is 26.3 Å². The van der Waals surface area contributed by atoms with Crippen LogP contribution in [-0.4, -0.2) is 26.9 Å². The predicted octanol–water partition coefficient (Wildman–Crippen LogP) is 1.52. The smallest absolute Gasteiger partial charge is 0.239 e. The Bertz CT molecular complexity index is 600. The van der Waals surface area contributed by atoms with Gasteiger partial charge in [-0.05, 0) is 25.5 Å². The first-order chi connectivity index (χ1) is 9.60. The van der Waals surface area contributed by atoms with Gasteiger partial charge in [-0.2, -0.15) is 0 Å². The number of carbonyl (C=O) groups is 1. The lowest BCUT2D eigenvalue weighted by Gasteiger charge is -2.14. The number of amides is 1. The van der Waals surface area contributed by atoms with Crippen LogP contribution in [0.1, 0.15) is 19.0 Å². The Balaban J connectivity index is 2.32. The Labute approximate surface area is 117 Å². The first kappa shape index (κ1) is 13.9. The van der Waals surface area contributed by atoms with Crippen molar-refractivity contribution in [1.82, 2.24) is 15.0 Å². The molecule has 1 unspecified atom stereocenters. The Morgan fingerprint density at radius 2 is 2.20 bits per heavy atom. The van der Waals surface area contributed by atoms with Gasteiger partial charge in [0.15, 0.2) is 5.82 Å². The molecular weight excluding hydrogens is 254 g/mol. The van der Waals surface area contributed by atoms with E-state index in [4.69, 9.17) is 5.73 Å². The third kappa shape index (κ3) is 3.28. The van der Waals surface area contributed by atoms with Crippen molar-refractivity contribution >= 4 is 11.7 Å². The van der Waals surface area contributed by atoms with Crippen molar-refractivity contribution in [2.75, 3.05) is 5.32 Å². The molecular formula is C14H17N5O. The van der Waals surface area contributed by atoms with Gasteiger partial charge < -0.3 is 11.1 Å². The van der Waals surface area contributed by atoms with Gasteiger partial charge in [0.1, 0.15) is 17.6 Å². The monoisotopic (exact) mass is 271 g/mol. The molecule has 2 heterocycles. The van der Waals surface area contributed by atoms with Crippen LogP contribution in [0.3, 0.4) is 0 Å². The molecule has 0 spiro atoms. The van der Waals surface area contributed by atoms with Gasteiger partial charge in [-0.1, -0.05) is 13.0 Å². The quantitative estimate of drug-likeness (QED) is 0.860. The summed E-state index contributed by atoms with van der Waals surface area (Å²) in [5, 5.41) is 3.03. The molecule has 20 heavy (non-hydrogen) atoms. The summed E-state index contributed by atoms with van der Waals surface area (Å²) in [6, 6.07) is 6.88. The van der Waals surface area contributed by atoms with Crippen LogP contribution in [0.2, 0.25) is 0 Å². The summed E-state index contributed by atoms with van der Waals surface area (Å²) in [4.78, 5) is 24.2. The minimum absolute atomic E-state index is 0.400. The number of nitrogens with two attached hydrogens (primary N) is 1. The molecule has 0 aromatic carbocycles. The summed E-state index contributed by atoms with van der Waals surface area (Å²) in [6.07, 6.45) is 2.28. The van der Waals surface area contributed by atoms with E-state index in [1.165, 1.54) is 0 Å². The molecule has 0 radical (unpaired) electrons. The van der Waals surface area contributed by atoms with Gasteiger partial charge in [-0.25, -0.2) is 9.97 Å². The minimum Gasteiger partial charge on any atom is -0.368 e. The molecule has 2 rings (SSSR count). The van der Waals surface area contributed by atoms with E-state index in [-0.39, 0.29) is 0 Å². The minimum atomic E-state index is -0.444. The number of hydrogen-bond donors (Lipinski definition) is 2. The standard InChI is InChI=1S/C14H17N5O/c1-3-10(13(15)20)18-12-8-9(2)17-14(19-12)11-6-4-5-7-16-11/h4-8,10H,3H2,1-2H3,(H2,15,20)(H,17,18,19). The Morgan fingerprint density at radius 3 is 2.80 bits per heavy atom. The normalized spacial score (nSPS) is 11.9. The lowest BCUT2D eigenvalue weighted by atomic mass is 10.2. The summed E-state index contributed by atoms with van der Waals surface area (Å²) < 4.78 is 0. The topological polar surface area (TPSA) is 93.8 Å². The van der Waals surface area contributed by atoms with Gasteiger partial charge in [-0.15, -0.1) is 0 Å². The van der Waals surface area contributed by atoms with E-state index in [0.29, 0.717) is 23.8 Å². The molecule has 2 aromatic rings. The number of nitrogens with one attached hydrogen (secondary N) is 1. The molecule has 0 fully saturated rings. The largest absolute Gasteiger partial charge is 0.368 e. The second kappa shape index (κ2) is 6.10. The molecule has 1 amide bonds. The molecule has 0 saturated heterocycles. The van der Waals surface area contributed by atoms with Gasteiger partial charge >= 0.3 is 0 Å². The third-order valence-corrected chi connectivity index (χ3v) is 2.82. The van der Waals surface area contributed by atoms with Gasteiger partial charge in [0, 0.05) is 18.0 Å². The average molecular weight is 271 g/mol. The predicted molar refractivity (Wildman–Crippen MR) is 76.9 cm³/mol. The van der Waals surface area contributed by atoms with E-state index in [9.17, 15) is 4.79 Å². The highest BCUT2D eigenvalue weighted by atomic mass is 16.1. The van der Waals surface area contributed by atoms with E-state index in [1.807, 2.05) is 32.0 Å². The zero-order chi connectivity index (χ0) is 14.5. The van der Waals surface area contributed by atoms with Crippen LogP contribution in [0.25, 0.3) is 11.5 Å². The van der Waals surface area contributed by atoms with Gasteiger partial charge in [-0.3, -0.25) is 9.78 Å². The van der Waals surface area contributed by atoms with E-state index in [1.54, 1.807) is 12.3 Å². The molecule has 1 atom stereocenters. The second-order valence-electron chi connectivity index (χ2n) is 4.44. The highest BCUT2D eigenvalue weighted by Gasteiger charge is 2.14. The van der Waals surface area contributed by atoms with E-state index in [0.717, 1.165) is 5.69 Å². The van der Waals surface area contributed by atoms with Crippen LogP contribution in [0.4, 0.5) is 5.82 Å². The number of rotatable bonds is 5. The van der Waals surface area contributed by atoms with Gasteiger partial charge in [0.2, 0.25) is 5.91 Å². The van der Waals surface area contributed by atoms with E-state index >= 15 is 0 Å². The Morgan fingerprint density at radius 1 is 1.40 bits per heavy atom. The summed E-state index contributed by atoms with van der Waals surface area (Å²) in [5.74, 6) is 0.694. The summed E-state index contributed by atoms with van der Waals surface area (Å²) in [6.45, 7) is 3.75. The molecule has 3 N–H and O–H groups in total. The van der Waals surface area contributed by atoms with E-state index < -0.39 is 11.9 Å². The van der Waals surface area contributed by atoms with Crippen molar-refractivity contribution in [1.29, 1.82) is 0 Å². The fourth-order valence-electron chi connectivity index (χ4n) is 1.80. The molecule has 0 aliphatic rings. The number of carbonyl (C=O) groups excluding carboxylic acids is 1. The maximum absolute atomic E-state index is 11.3. The van der Waals surface area contributed by atoms with Crippen molar-refractivity contribution < 1.29 is 4.79 Å². The van der Waals surface area contributed by atoms with Crippen LogP contribution < -0.4 is 11.1 Å². The number of hydrogen-bond acceptors (Lipinski definition) is 5. The number of nitrogens with zero attached hydrogens (tertiary/aromatic N) is 3. The number of anilines is 1. The highest BCUT2D eigenvalue weighted by Crippen LogP contribution is 2.16. The zero-order valence-electron chi connectivity index (χ0n) is 11.5. The van der Waals surface area contributed by atoms with Crippen LogP contribution in [-0.2, 0) is 4.79 Å². The molecule has 6 heteroatoms. The molecule has 6 nitrogen and oxygen atoms in total.